The third kappa shape index (κ3) is 5.86. The van der Waals surface area contributed by atoms with Crippen LogP contribution in [-0.2, 0) is 9.53 Å². The van der Waals surface area contributed by atoms with E-state index in [0.29, 0.717) is 23.5 Å². The maximum atomic E-state index is 12.6. The first kappa shape index (κ1) is 19.9. The van der Waals surface area contributed by atoms with E-state index in [1.807, 2.05) is 30.3 Å². The minimum Gasteiger partial charge on any atom is -0.462 e. The van der Waals surface area contributed by atoms with Crippen molar-refractivity contribution < 1.29 is 14.3 Å². The Morgan fingerprint density at radius 3 is 2.58 bits per heavy atom. The van der Waals surface area contributed by atoms with Crippen LogP contribution in [0.3, 0.4) is 0 Å². The zero-order valence-corrected chi connectivity index (χ0v) is 15.8. The van der Waals surface area contributed by atoms with Crippen LogP contribution in [0.25, 0.3) is 0 Å². The number of benzene rings is 1. The third-order valence-corrected chi connectivity index (χ3v) is 4.96. The van der Waals surface area contributed by atoms with Gasteiger partial charge in [-0.2, -0.15) is 5.10 Å². The number of nitrogens with zero attached hydrogens (tertiary/aromatic N) is 1. The summed E-state index contributed by atoms with van der Waals surface area (Å²) in [6, 6.07) is 8.45. The Morgan fingerprint density at radius 1 is 1.27 bits per heavy atom. The Kier molecular flexibility index (Phi) is 7.18. The molecule has 0 saturated heterocycles. The predicted molar refractivity (Wildman–Crippen MR) is 102 cm³/mol. The van der Waals surface area contributed by atoms with Crippen molar-refractivity contribution in [2.24, 2.45) is 28.6 Å². The average molecular weight is 359 g/mol. The summed E-state index contributed by atoms with van der Waals surface area (Å²) in [4.78, 5) is 23.5. The molecule has 0 aromatic heterocycles. The van der Waals surface area contributed by atoms with Gasteiger partial charge in [-0.25, -0.2) is 10.2 Å². The van der Waals surface area contributed by atoms with Crippen LogP contribution in [0.1, 0.15) is 52.0 Å². The molecule has 3 atom stereocenters. The number of hydrogen-bond donors (Lipinski definition) is 2. The van der Waals surface area contributed by atoms with Gasteiger partial charge in [-0.3, -0.25) is 4.79 Å². The first-order valence-corrected chi connectivity index (χ1v) is 9.23. The van der Waals surface area contributed by atoms with Gasteiger partial charge >= 0.3 is 12.0 Å². The normalized spacial score (nSPS) is 23.5. The van der Waals surface area contributed by atoms with Crippen LogP contribution in [0.2, 0.25) is 0 Å². The topological polar surface area (TPSA) is 93.8 Å². The van der Waals surface area contributed by atoms with Crippen molar-refractivity contribution in [3.8, 4) is 0 Å². The molecule has 0 radical (unpaired) electrons. The fourth-order valence-electron chi connectivity index (χ4n) is 3.56. The number of hydrogen-bond acceptors (Lipinski definition) is 4. The number of primary amides is 1. The molecule has 0 bridgehead atoms. The molecule has 0 aliphatic heterocycles. The first-order chi connectivity index (χ1) is 12.4. The van der Waals surface area contributed by atoms with Gasteiger partial charge in [-0.1, -0.05) is 57.5 Å². The van der Waals surface area contributed by atoms with Gasteiger partial charge in [0.2, 0.25) is 0 Å². The van der Waals surface area contributed by atoms with E-state index in [1.54, 1.807) is 0 Å². The lowest BCUT2D eigenvalue weighted by Crippen LogP contribution is -2.36. The van der Waals surface area contributed by atoms with E-state index in [-0.39, 0.29) is 18.5 Å². The number of rotatable bonds is 6. The van der Waals surface area contributed by atoms with Crippen LogP contribution < -0.4 is 11.2 Å². The second-order valence-electron chi connectivity index (χ2n) is 7.43. The summed E-state index contributed by atoms with van der Waals surface area (Å²) < 4.78 is 5.83. The van der Waals surface area contributed by atoms with Gasteiger partial charge < -0.3 is 10.5 Å². The van der Waals surface area contributed by atoms with Gasteiger partial charge in [-0.05, 0) is 36.2 Å². The van der Waals surface area contributed by atoms with Gasteiger partial charge in [0.15, 0.2) is 0 Å². The number of amides is 2. The number of carbonyl (C=O) groups is 2. The van der Waals surface area contributed by atoms with Crippen LogP contribution in [0.15, 0.2) is 35.4 Å². The van der Waals surface area contributed by atoms with Crippen LogP contribution in [0.4, 0.5) is 4.79 Å². The second kappa shape index (κ2) is 9.36. The Hall–Kier alpha value is -2.37. The van der Waals surface area contributed by atoms with E-state index < -0.39 is 6.03 Å². The van der Waals surface area contributed by atoms with E-state index in [0.717, 1.165) is 18.4 Å². The van der Waals surface area contributed by atoms with Gasteiger partial charge in [0, 0.05) is 0 Å². The average Bonchev–Trinajstić information content (AvgIpc) is 2.59. The van der Waals surface area contributed by atoms with E-state index in [9.17, 15) is 9.59 Å². The smallest absolute Gasteiger partial charge is 0.332 e. The van der Waals surface area contributed by atoms with Crippen molar-refractivity contribution in [2.75, 3.05) is 0 Å². The second-order valence-corrected chi connectivity index (χ2v) is 7.43. The van der Waals surface area contributed by atoms with Crippen LogP contribution in [0.5, 0.6) is 0 Å². The molecular formula is C20H29N3O3. The van der Waals surface area contributed by atoms with Crippen molar-refractivity contribution in [2.45, 2.75) is 52.6 Å². The van der Waals surface area contributed by atoms with E-state index in [4.69, 9.17) is 10.5 Å². The Labute approximate surface area is 155 Å². The molecule has 1 aliphatic rings. The number of nitrogens with two attached hydrogens (primary N) is 1. The summed E-state index contributed by atoms with van der Waals surface area (Å²) in [6.07, 6.45) is 3.08. The lowest BCUT2D eigenvalue weighted by Gasteiger charge is -2.36. The molecule has 0 spiro atoms. The molecular weight excluding hydrogens is 330 g/mol. The fraction of sp³-hybridized carbons (Fsp3) is 0.550. The lowest BCUT2D eigenvalue weighted by molar-refractivity contribution is -0.154. The number of urea groups is 1. The number of ether oxygens (including phenoxy) is 1. The van der Waals surface area contributed by atoms with Crippen molar-refractivity contribution in [3.63, 3.8) is 0 Å². The molecule has 6 nitrogen and oxygen atoms in total. The molecule has 6 heteroatoms. The molecule has 2 rings (SSSR count). The summed E-state index contributed by atoms with van der Waals surface area (Å²) in [5.41, 5.74) is 8.47. The van der Waals surface area contributed by atoms with Crippen molar-refractivity contribution in [3.05, 3.63) is 35.9 Å². The van der Waals surface area contributed by atoms with E-state index in [1.165, 1.54) is 6.42 Å². The van der Waals surface area contributed by atoms with Crippen LogP contribution in [-0.4, -0.2) is 23.8 Å². The summed E-state index contributed by atoms with van der Waals surface area (Å²) >= 11 is 0. The SMILES string of the molecule is CC(C)[C@H]1CC[C@H](C)C[C@H]1OC(=O)CC(=NNC(N)=O)c1ccccc1. The van der Waals surface area contributed by atoms with Gasteiger partial charge in [0.25, 0.3) is 0 Å². The number of nitrogens with one attached hydrogen (secondary N) is 1. The maximum absolute atomic E-state index is 12.6. The summed E-state index contributed by atoms with van der Waals surface area (Å²) in [6.45, 7) is 6.55. The summed E-state index contributed by atoms with van der Waals surface area (Å²) in [7, 11) is 0. The van der Waals surface area contributed by atoms with Crippen molar-refractivity contribution >= 4 is 17.7 Å². The molecule has 26 heavy (non-hydrogen) atoms. The quantitative estimate of drug-likeness (QED) is 0.463. The highest BCUT2D eigenvalue weighted by Crippen LogP contribution is 2.35. The zero-order valence-electron chi connectivity index (χ0n) is 15.8. The van der Waals surface area contributed by atoms with E-state index >= 15 is 0 Å². The lowest BCUT2D eigenvalue weighted by atomic mass is 9.75. The Morgan fingerprint density at radius 2 is 1.96 bits per heavy atom. The molecule has 1 aliphatic carbocycles. The largest absolute Gasteiger partial charge is 0.462 e. The maximum Gasteiger partial charge on any atom is 0.332 e. The molecule has 0 heterocycles. The minimum atomic E-state index is -0.771. The first-order valence-electron chi connectivity index (χ1n) is 9.23. The molecule has 0 unspecified atom stereocenters. The molecule has 3 N–H and O–H groups in total. The molecule has 2 amide bonds. The monoisotopic (exact) mass is 359 g/mol. The number of hydrazone groups is 1. The Balaban J connectivity index is 2.08. The van der Waals surface area contributed by atoms with Crippen LogP contribution >= 0.6 is 0 Å². The highest BCUT2D eigenvalue weighted by molar-refractivity contribution is 6.09. The van der Waals surface area contributed by atoms with Gasteiger partial charge in [0.1, 0.15) is 6.10 Å². The number of esters is 1. The predicted octanol–water partition coefficient (Wildman–Crippen LogP) is 3.45. The standard InChI is InChI=1S/C20H29N3O3/c1-13(2)16-10-9-14(3)11-18(16)26-19(24)12-17(22-23-20(21)25)15-7-5-4-6-8-15/h4-8,13-14,16,18H,9-12H2,1-3H3,(H3,21,23,25)/t14-,16+,18+/m0/s1. The third-order valence-electron chi connectivity index (χ3n) is 4.96. The molecule has 142 valence electrons. The fourth-order valence-corrected chi connectivity index (χ4v) is 3.56. The van der Waals surface area contributed by atoms with Gasteiger partial charge in [0.05, 0.1) is 12.1 Å². The van der Waals surface area contributed by atoms with Crippen LogP contribution in [0, 0.1) is 17.8 Å². The minimum absolute atomic E-state index is 0.0139. The highest BCUT2D eigenvalue weighted by Gasteiger charge is 2.33. The number of carbonyl (C=O) groups excluding carboxylic acids is 2. The zero-order chi connectivity index (χ0) is 19.1. The van der Waals surface area contributed by atoms with Crippen molar-refractivity contribution in [1.82, 2.24) is 5.43 Å². The van der Waals surface area contributed by atoms with Crippen molar-refractivity contribution in [1.29, 1.82) is 0 Å². The molecule has 1 aromatic rings. The molecule has 1 saturated carbocycles. The highest BCUT2D eigenvalue weighted by atomic mass is 16.5. The summed E-state index contributed by atoms with van der Waals surface area (Å²) in [5.74, 6) is 1.08. The van der Waals surface area contributed by atoms with Gasteiger partial charge in [-0.15, -0.1) is 0 Å². The molecule has 1 fully saturated rings. The van der Waals surface area contributed by atoms with E-state index in [2.05, 4.69) is 31.3 Å². The summed E-state index contributed by atoms with van der Waals surface area (Å²) in [5, 5.41) is 3.99. The molecule has 1 aromatic carbocycles. The Bertz CT molecular complexity index is 643.